The molecule has 0 spiro atoms. The van der Waals surface area contributed by atoms with Crippen LogP contribution in [0, 0.1) is 5.82 Å². The molecule has 1 atom stereocenters. The molecular formula is C13H19ClFNS. The fourth-order valence-corrected chi connectivity index (χ4v) is 2.49. The lowest BCUT2D eigenvalue weighted by atomic mass is 10.1. The highest BCUT2D eigenvalue weighted by Gasteiger charge is 2.11. The zero-order chi connectivity index (χ0) is 12.7. The minimum atomic E-state index is -0.207. The van der Waals surface area contributed by atoms with E-state index in [9.17, 15) is 4.39 Å². The van der Waals surface area contributed by atoms with Crippen molar-refractivity contribution < 1.29 is 4.39 Å². The van der Waals surface area contributed by atoms with Crippen LogP contribution in [-0.2, 0) is 6.42 Å². The van der Waals surface area contributed by atoms with Crippen LogP contribution < -0.4 is 5.32 Å². The van der Waals surface area contributed by atoms with E-state index < -0.39 is 0 Å². The quantitative estimate of drug-likeness (QED) is 0.813. The third-order valence-electron chi connectivity index (χ3n) is 2.53. The average molecular weight is 276 g/mol. The Labute approximate surface area is 112 Å². The minimum absolute atomic E-state index is 0.207. The van der Waals surface area contributed by atoms with E-state index in [1.54, 1.807) is 23.9 Å². The van der Waals surface area contributed by atoms with Crippen molar-refractivity contribution in [1.29, 1.82) is 0 Å². The van der Waals surface area contributed by atoms with Crippen LogP contribution in [0.3, 0.4) is 0 Å². The highest BCUT2D eigenvalue weighted by atomic mass is 35.5. The second kappa shape index (κ2) is 7.96. The topological polar surface area (TPSA) is 12.0 Å². The number of benzene rings is 1. The molecule has 0 heterocycles. The van der Waals surface area contributed by atoms with Gasteiger partial charge >= 0.3 is 0 Å². The smallest absolute Gasteiger partial charge is 0.127 e. The summed E-state index contributed by atoms with van der Waals surface area (Å²) in [5.74, 6) is 0.782. The van der Waals surface area contributed by atoms with Gasteiger partial charge < -0.3 is 5.32 Å². The standard InChI is InChI=1S/C13H19ClFNS/c1-3-6-16-12(9-17-2)7-10-4-5-11(14)8-13(10)15/h4-5,8,12,16H,3,6-7,9H2,1-2H3. The molecule has 0 aliphatic rings. The zero-order valence-electron chi connectivity index (χ0n) is 10.3. The molecule has 0 radical (unpaired) electrons. The van der Waals surface area contributed by atoms with Crippen LogP contribution in [0.25, 0.3) is 0 Å². The Morgan fingerprint density at radius 3 is 2.82 bits per heavy atom. The molecule has 1 unspecified atom stereocenters. The Balaban J connectivity index is 2.64. The molecule has 0 bridgehead atoms. The summed E-state index contributed by atoms with van der Waals surface area (Å²) in [6.45, 7) is 3.10. The summed E-state index contributed by atoms with van der Waals surface area (Å²) in [4.78, 5) is 0. The molecular weight excluding hydrogens is 257 g/mol. The molecule has 0 fully saturated rings. The number of thioether (sulfide) groups is 1. The third kappa shape index (κ3) is 5.28. The maximum atomic E-state index is 13.7. The van der Waals surface area contributed by atoms with Crippen LogP contribution in [0.4, 0.5) is 4.39 Å². The van der Waals surface area contributed by atoms with Crippen molar-refractivity contribution in [1.82, 2.24) is 5.32 Å². The molecule has 1 rings (SSSR count). The molecule has 0 amide bonds. The normalized spacial score (nSPS) is 12.7. The van der Waals surface area contributed by atoms with Gasteiger partial charge in [-0.1, -0.05) is 24.6 Å². The predicted molar refractivity (Wildman–Crippen MR) is 75.6 cm³/mol. The summed E-state index contributed by atoms with van der Waals surface area (Å²) in [6, 6.07) is 5.22. The summed E-state index contributed by atoms with van der Waals surface area (Å²) in [6.07, 6.45) is 3.87. The van der Waals surface area contributed by atoms with Gasteiger partial charge in [0.25, 0.3) is 0 Å². The fraction of sp³-hybridized carbons (Fsp3) is 0.538. The monoisotopic (exact) mass is 275 g/mol. The van der Waals surface area contributed by atoms with Crippen LogP contribution in [-0.4, -0.2) is 24.6 Å². The molecule has 0 saturated carbocycles. The molecule has 1 N–H and O–H groups in total. The zero-order valence-corrected chi connectivity index (χ0v) is 11.9. The lowest BCUT2D eigenvalue weighted by molar-refractivity contribution is 0.531. The molecule has 0 aliphatic heterocycles. The Hall–Kier alpha value is -0.250. The van der Waals surface area contributed by atoms with Gasteiger partial charge in [0, 0.05) is 16.8 Å². The molecule has 4 heteroatoms. The van der Waals surface area contributed by atoms with E-state index in [1.165, 1.54) is 6.07 Å². The van der Waals surface area contributed by atoms with E-state index in [1.807, 2.05) is 0 Å². The lowest BCUT2D eigenvalue weighted by Gasteiger charge is -2.17. The lowest BCUT2D eigenvalue weighted by Crippen LogP contribution is -2.34. The fourth-order valence-electron chi connectivity index (χ4n) is 1.69. The first-order valence-electron chi connectivity index (χ1n) is 5.83. The summed E-state index contributed by atoms with van der Waals surface area (Å²) in [5, 5.41) is 3.89. The highest BCUT2D eigenvalue weighted by molar-refractivity contribution is 7.98. The van der Waals surface area contributed by atoms with Crippen LogP contribution in [0.5, 0.6) is 0 Å². The van der Waals surface area contributed by atoms with Gasteiger partial charge in [0.1, 0.15) is 5.82 Å². The summed E-state index contributed by atoms with van der Waals surface area (Å²) >= 11 is 7.52. The van der Waals surface area contributed by atoms with Gasteiger partial charge in [-0.3, -0.25) is 0 Å². The number of hydrogen-bond acceptors (Lipinski definition) is 2. The number of halogens is 2. The van der Waals surface area contributed by atoms with Crippen molar-refractivity contribution in [3.63, 3.8) is 0 Å². The Morgan fingerprint density at radius 2 is 2.24 bits per heavy atom. The van der Waals surface area contributed by atoms with Crippen molar-refractivity contribution >= 4 is 23.4 Å². The molecule has 96 valence electrons. The second-order valence-corrected chi connectivity index (χ2v) is 5.39. The van der Waals surface area contributed by atoms with Crippen LogP contribution >= 0.6 is 23.4 Å². The van der Waals surface area contributed by atoms with E-state index in [0.717, 1.165) is 24.3 Å². The number of rotatable bonds is 7. The number of nitrogens with one attached hydrogen (secondary N) is 1. The van der Waals surface area contributed by atoms with Gasteiger partial charge in [0.15, 0.2) is 0 Å². The summed E-state index contributed by atoms with van der Waals surface area (Å²) in [7, 11) is 0. The SMILES string of the molecule is CCCNC(CSC)Cc1ccc(Cl)cc1F. The maximum absolute atomic E-state index is 13.7. The Bertz CT molecular complexity index is 346. The Morgan fingerprint density at radius 1 is 1.47 bits per heavy atom. The second-order valence-electron chi connectivity index (χ2n) is 4.05. The first kappa shape index (κ1) is 14.8. The van der Waals surface area contributed by atoms with E-state index in [0.29, 0.717) is 17.5 Å². The van der Waals surface area contributed by atoms with Gasteiger partial charge in [-0.05, 0) is 43.3 Å². The molecule has 17 heavy (non-hydrogen) atoms. The molecule has 0 aromatic heterocycles. The highest BCUT2D eigenvalue weighted by Crippen LogP contribution is 2.16. The summed E-state index contributed by atoms with van der Waals surface area (Å²) < 4.78 is 13.7. The maximum Gasteiger partial charge on any atom is 0.127 e. The van der Waals surface area contributed by atoms with Gasteiger partial charge in [0.05, 0.1) is 0 Å². The molecule has 1 aromatic carbocycles. The van der Waals surface area contributed by atoms with Gasteiger partial charge in [-0.25, -0.2) is 4.39 Å². The first-order valence-corrected chi connectivity index (χ1v) is 7.60. The summed E-state index contributed by atoms with van der Waals surface area (Å²) in [5.41, 5.74) is 0.733. The third-order valence-corrected chi connectivity index (χ3v) is 3.50. The predicted octanol–water partition coefficient (Wildman–Crippen LogP) is 3.75. The molecule has 0 saturated heterocycles. The van der Waals surface area contributed by atoms with Gasteiger partial charge in [-0.15, -0.1) is 0 Å². The van der Waals surface area contributed by atoms with E-state index in [-0.39, 0.29) is 5.82 Å². The van der Waals surface area contributed by atoms with E-state index in [4.69, 9.17) is 11.6 Å². The number of hydrogen-bond donors (Lipinski definition) is 1. The minimum Gasteiger partial charge on any atom is -0.313 e. The van der Waals surface area contributed by atoms with Crippen molar-refractivity contribution in [2.45, 2.75) is 25.8 Å². The van der Waals surface area contributed by atoms with Crippen molar-refractivity contribution in [2.75, 3.05) is 18.6 Å². The molecule has 0 aliphatic carbocycles. The van der Waals surface area contributed by atoms with Gasteiger partial charge in [0.2, 0.25) is 0 Å². The molecule has 1 nitrogen and oxygen atoms in total. The Kier molecular flexibility index (Phi) is 6.93. The molecule has 1 aromatic rings. The van der Waals surface area contributed by atoms with Crippen LogP contribution in [0.2, 0.25) is 5.02 Å². The average Bonchev–Trinajstić information content (AvgIpc) is 2.29. The largest absolute Gasteiger partial charge is 0.313 e. The first-order chi connectivity index (χ1) is 8.17. The van der Waals surface area contributed by atoms with E-state index >= 15 is 0 Å². The van der Waals surface area contributed by atoms with Crippen LogP contribution in [0.15, 0.2) is 18.2 Å². The van der Waals surface area contributed by atoms with E-state index in [2.05, 4.69) is 18.5 Å². The van der Waals surface area contributed by atoms with Crippen molar-refractivity contribution in [3.05, 3.63) is 34.6 Å². The van der Waals surface area contributed by atoms with Crippen molar-refractivity contribution in [3.8, 4) is 0 Å². The van der Waals surface area contributed by atoms with Crippen LogP contribution in [0.1, 0.15) is 18.9 Å². The van der Waals surface area contributed by atoms with Crippen molar-refractivity contribution in [2.24, 2.45) is 0 Å². The van der Waals surface area contributed by atoms with Gasteiger partial charge in [-0.2, -0.15) is 11.8 Å².